The largest absolute Gasteiger partial charge is 0.497 e. The minimum absolute atomic E-state index is 0.0455. The van der Waals surface area contributed by atoms with Crippen LogP contribution in [0.4, 0.5) is 0 Å². The van der Waals surface area contributed by atoms with Crippen molar-refractivity contribution in [3.63, 3.8) is 0 Å². The van der Waals surface area contributed by atoms with Crippen molar-refractivity contribution in [2.75, 3.05) is 7.11 Å². The molecule has 0 atom stereocenters. The van der Waals surface area contributed by atoms with Gasteiger partial charge < -0.3 is 9.30 Å². The van der Waals surface area contributed by atoms with Crippen molar-refractivity contribution in [1.82, 2.24) is 4.57 Å². The van der Waals surface area contributed by atoms with E-state index in [1.54, 1.807) is 14.0 Å². The van der Waals surface area contributed by atoms with Crippen LogP contribution in [0.1, 0.15) is 17.3 Å². The van der Waals surface area contributed by atoms with E-state index in [0.29, 0.717) is 5.56 Å². The van der Waals surface area contributed by atoms with E-state index in [1.165, 1.54) is 0 Å². The molecular weight excluding hydrogens is 330 g/mol. The van der Waals surface area contributed by atoms with Crippen LogP contribution in [0.5, 0.6) is 5.75 Å². The van der Waals surface area contributed by atoms with Crippen molar-refractivity contribution < 1.29 is 9.53 Å². The summed E-state index contributed by atoms with van der Waals surface area (Å²) in [5, 5.41) is 0.907. The molecule has 106 valence electrons. The molecule has 0 unspecified atom stereocenters. The van der Waals surface area contributed by atoms with Crippen LogP contribution in [0, 0.1) is 0 Å². The Kier molecular flexibility index (Phi) is 3.55. The summed E-state index contributed by atoms with van der Waals surface area (Å²) in [5.41, 5.74) is 2.70. The molecule has 3 nitrogen and oxygen atoms in total. The molecule has 3 aromatic rings. The van der Waals surface area contributed by atoms with Gasteiger partial charge in [0.1, 0.15) is 5.75 Å². The van der Waals surface area contributed by atoms with Crippen LogP contribution in [0.2, 0.25) is 0 Å². The summed E-state index contributed by atoms with van der Waals surface area (Å²) in [6.07, 6.45) is 1.88. The van der Waals surface area contributed by atoms with Crippen molar-refractivity contribution in [3.05, 3.63) is 58.7 Å². The molecule has 0 saturated heterocycles. The van der Waals surface area contributed by atoms with Crippen LogP contribution in [0.3, 0.4) is 0 Å². The Balaban J connectivity index is 2.28. The maximum Gasteiger partial charge on any atom is 0.161 e. The molecule has 0 N–H and O–H groups in total. The molecular formula is C17H14BrNO2. The lowest BCUT2D eigenvalue weighted by Crippen LogP contribution is -1.92. The number of methoxy groups -OCH3 is 1. The first-order valence-corrected chi connectivity index (χ1v) is 7.35. The molecule has 1 aromatic heterocycles. The Labute approximate surface area is 131 Å². The summed E-state index contributed by atoms with van der Waals surface area (Å²) in [6.45, 7) is 1.58. The fraction of sp³-hybridized carbons (Fsp3) is 0.118. The van der Waals surface area contributed by atoms with E-state index in [-0.39, 0.29) is 5.78 Å². The predicted molar refractivity (Wildman–Crippen MR) is 87.5 cm³/mol. The van der Waals surface area contributed by atoms with Crippen LogP contribution in [0.25, 0.3) is 16.6 Å². The first-order valence-electron chi connectivity index (χ1n) is 6.56. The molecule has 1 heterocycles. The summed E-state index contributed by atoms with van der Waals surface area (Å²) in [5.74, 6) is 0.794. The highest BCUT2D eigenvalue weighted by atomic mass is 79.9. The Hall–Kier alpha value is -2.07. The zero-order valence-electron chi connectivity index (χ0n) is 11.8. The maximum atomic E-state index is 11.9. The van der Waals surface area contributed by atoms with E-state index in [2.05, 4.69) is 15.9 Å². The van der Waals surface area contributed by atoms with Crippen LogP contribution >= 0.6 is 15.9 Å². The van der Waals surface area contributed by atoms with Gasteiger partial charge in [0.25, 0.3) is 0 Å². The lowest BCUT2D eigenvalue weighted by atomic mass is 10.1. The number of ketones is 1. The second-order valence-electron chi connectivity index (χ2n) is 4.83. The highest BCUT2D eigenvalue weighted by Crippen LogP contribution is 2.29. The minimum Gasteiger partial charge on any atom is -0.497 e. The topological polar surface area (TPSA) is 31.2 Å². The lowest BCUT2D eigenvalue weighted by Gasteiger charge is -2.06. The predicted octanol–water partition coefficient (Wildman–Crippen LogP) is 4.60. The summed E-state index contributed by atoms with van der Waals surface area (Å²) in [4.78, 5) is 11.9. The first-order chi connectivity index (χ1) is 10.1. The Morgan fingerprint density at radius 1 is 1.14 bits per heavy atom. The SMILES string of the molecule is COc1ccc2c(c1)c(C(C)=O)cn2-c1ccc(Br)cc1. The number of hydrogen-bond donors (Lipinski definition) is 0. The number of carbonyl (C=O) groups excluding carboxylic acids is 1. The summed E-state index contributed by atoms with van der Waals surface area (Å²) in [7, 11) is 1.63. The Morgan fingerprint density at radius 3 is 2.48 bits per heavy atom. The molecule has 0 bridgehead atoms. The summed E-state index contributed by atoms with van der Waals surface area (Å²) < 4.78 is 8.31. The standard InChI is InChI=1S/C17H14BrNO2/c1-11(20)16-10-19(13-5-3-12(18)4-6-13)17-8-7-14(21-2)9-15(16)17/h3-10H,1-2H3. The normalized spacial score (nSPS) is 10.8. The number of ether oxygens (including phenoxy) is 1. The maximum absolute atomic E-state index is 11.9. The number of aromatic nitrogens is 1. The van der Waals surface area contributed by atoms with E-state index in [1.807, 2.05) is 53.2 Å². The monoisotopic (exact) mass is 343 g/mol. The second kappa shape index (κ2) is 5.37. The lowest BCUT2D eigenvalue weighted by molar-refractivity contribution is 0.101. The molecule has 4 heteroatoms. The van der Waals surface area contributed by atoms with Gasteiger partial charge in [-0.05, 0) is 49.4 Å². The molecule has 0 aliphatic heterocycles. The summed E-state index contributed by atoms with van der Waals surface area (Å²) >= 11 is 3.44. The van der Waals surface area contributed by atoms with Gasteiger partial charge >= 0.3 is 0 Å². The molecule has 21 heavy (non-hydrogen) atoms. The third-order valence-electron chi connectivity index (χ3n) is 3.50. The first kappa shape index (κ1) is 13.9. The third-order valence-corrected chi connectivity index (χ3v) is 4.02. The third kappa shape index (κ3) is 2.47. The van der Waals surface area contributed by atoms with Crippen LogP contribution in [-0.2, 0) is 0 Å². The van der Waals surface area contributed by atoms with E-state index >= 15 is 0 Å². The molecule has 0 saturated carbocycles. The molecule has 0 fully saturated rings. The van der Waals surface area contributed by atoms with E-state index in [9.17, 15) is 4.79 Å². The molecule has 0 spiro atoms. The van der Waals surface area contributed by atoms with Gasteiger partial charge in [0.15, 0.2) is 5.78 Å². The Bertz CT molecular complexity index is 819. The highest BCUT2D eigenvalue weighted by molar-refractivity contribution is 9.10. The molecule has 0 aliphatic rings. The average molecular weight is 344 g/mol. The van der Waals surface area contributed by atoms with Gasteiger partial charge in [0.2, 0.25) is 0 Å². The van der Waals surface area contributed by atoms with Gasteiger partial charge in [-0.2, -0.15) is 0 Å². The van der Waals surface area contributed by atoms with Crippen LogP contribution < -0.4 is 4.74 Å². The number of nitrogens with zero attached hydrogens (tertiary/aromatic N) is 1. The smallest absolute Gasteiger partial charge is 0.161 e. The highest BCUT2D eigenvalue weighted by Gasteiger charge is 2.13. The number of carbonyl (C=O) groups is 1. The zero-order valence-corrected chi connectivity index (χ0v) is 13.3. The van der Waals surface area contributed by atoms with Gasteiger partial charge in [-0.3, -0.25) is 4.79 Å². The molecule has 2 aromatic carbocycles. The van der Waals surface area contributed by atoms with Gasteiger partial charge in [-0.25, -0.2) is 0 Å². The molecule has 0 aliphatic carbocycles. The van der Waals surface area contributed by atoms with Crippen molar-refractivity contribution in [2.45, 2.75) is 6.92 Å². The van der Waals surface area contributed by atoms with Gasteiger partial charge in [-0.15, -0.1) is 0 Å². The number of hydrogen-bond acceptors (Lipinski definition) is 2. The number of rotatable bonds is 3. The van der Waals surface area contributed by atoms with E-state index in [4.69, 9.17) is 4.74 Å². The minimum atomic E-state index is 0.0455. The van der Waals surface area contributed by atoms with Crippen molar-refractivity contribution >= 4 is 32.6 Å². The average Bonchev–Trinajstić information content (AvgIpc) is 2.87. The van der Waals surface area contributed by atoms with Crippen molar-refractivity contribution in [3.8, 4) is 11.4 Å². The fourth-order valence-corrected chi connectivity index (χ4v) is 2.70. The Morgan fingerprint density at radius 2 is 1.86 bits per heavy atom. The van der Waals surface area contributed by atoms with Crippen molar-refractivity contribution in [1.29, 1.82) is 0 Å². The van der Waals surface area contributed by atoms with E-state index in [0.717, 1.165) is 26.8 Å². The number of halogens is 1. The number of Topliss-reactive ketones (excluding diaryl/α,β-unsaturated/α-hetero) is 1. The van der Waals surface area contributed by atoms with E-state index < -0.39 is 0 Å². The van der Waals surface area contributed by atoms with Crippen LogP contribution in [0.15, 0.2) is 53.1 Å². The zero-order chi connectivity index (χ0) is 15.0. The van der Waals surface area contributed by atoms with Crippen LogP contribution in [-0.4, -0.2) is 17.5 Å². The molecule has 0 amide bonds. The fourth-order valence-electron chi connectivity index (χ4n) is 2.43. The molecule has 3 rings (SSSR count). The van der Waals surface area contributed by atoms with Gasteiger partial charge in [0, 0.05) is 27.3 Å². The summed E-state index contributed by atoms with van der Waals surface area (Å²) in [6, 6.07) is 13.8. The molecule has 0 radical (unpaired) electrons. The number of fused-ring (bicyclic) bond motifs is 1. The van der Waals surface area contributed by atoms with Gasteiger partial charge in [-0.1, -0.05) is 15.9 Å². The number of benzene rings is 2. The quantitative estimate of drug-likeness (QED) is 0.650. The van der Waals surface area contributed by atoms with Gasteiger partial charge in [0.05, 0.1) is 12.6 Å². The second-order valence-corrected chi connectivity index (χ2v) is 5.74. The van der Waals surface area contributed by atoms with Crippen molar-refractivity contribution in [2.24, 2.45) is 0 Å².